The lowest BCUT2D eigenvalue weighted by molar-refractivity contribution is -0.214. The number of rotatable bonds is 13. The number of epoxide rings is 1. The summed E-state index contributed by atoms with van der Waals surface area (Å²) in [5, 5.41) is 14.7. The molecule has 11 unspecified atom stereocenters. The number of hydrogen-bond acceptors (Lipinski definition) is 12. The zero-order valence-electron chi connectivity index (χ0n) is 37.2. The molecule has 65 heavy (non-hydrogen) atoms. The first-order valence-corrected chi connectivity index (χ1v) is 23.3. The monoisotopic (exact) mass is 889 g/mol. The van der Waals surface area contributed by atoms with Crippen molar-refractivity contribution >= 4 is 29.8 Å². The zero-order valence-corrected chi connectivity index (χ0v) is 37.2. The summed E-state index contributed by atoms with van der Waals surface area (Å²) in [6.07, 6.45) is 6.19. The van der Waals surface area contributed by atoms with Crippen molar-refractivity contribution in [2.45, 2.75) is 145 Å². The molecule has 5 heterocycles. The van der Waals surface area contributed by atoms with Gasteiger partial charge < -0.3 is 39.0 Å². The lowest BCUT2D eigenvalue weighted by Gasteiger charge is -2.50. The van der Waals surface area contributed by atoms with E-state index in [1.54, 1.807) is 30.7 Å². The third-order valence-corrected chi connectivity index (χ3v) is 14.3. The van der Waals surface area contributed by atoms with E-state index in [4.69, 9.17) is 28.5 Å². The number of aliphatic hydroxyl groups excluding tert-OH is 1. The van der Waals surface area contributed by atoms with Crippen molar-refractivity contribution in [1.29, 1.82) is 0 Å². The van der Waals surface area contributed by atoms with Gasteiger partial charge in [-0.25, -0.2) is 0 Å². The van der Waals surface area contributed by atoms with Gasteiger partial charge in [-0.2, -0.15) is 5.06 Å². The Morgan fingerprint density at radius 2 is 1.62 bits per heavy atom. The number of ether oxygens (including phenoxy) is 5. The van der Waals surface area contributed by atoms with Crippen LogP contribution in [0.2, 0.25) is 0 Å². The Balaban J connectivity index is 0.952. The van der Waals surface area contributed by atoms with E-state index < -0.39 is 89.7 Å². The van der Waals surface area contributed by atoms with Gasteiger partial charge in [0.15, 0.2) is 6.04 Å². The van der Waals surface area contributed by atoms with Crippen molar-refractivity contribution in [3.63, 3.8) is 0 Å². The van der Waals surface area contributed by atoms with Crippen LogP contribution in [0.4, 0.5) is 0 Å². The number of benzene rings is 3. The SMILES string of the molecule is CC(C)(C)OC(=O)CCC(CO)NC(=O)C1CCCN1C(=O)C12CC3OC(=O)C1N(Cc1ccc(C=CC4CCC5OC5C4)cc1)OC2C1OC(c2ccccc2)(c2ccccc2)OC31. The summed E-state index contributed by atoms with van der Waals surface area (Å²) in [6.45, 7) is 5.37. The fraction of sp³-hybridized carbons (Fsp3) is 0.529. The molecule has 5 saturated heterocycles. The highest BCUT2D eigenvalue weighted by Crippen LogP contribution is 2.60. The number of carbonyl (C=O) groups excluding carboxylic acids is 4. The average molecular weight is 890 g/mol. The van der Waals surface area contributed by atoms with E-state index in [0.29, 0.717) is 31.0 Å². The third kappa shape index (κ3) is 8.31. The minimum Gasteiger partial charge on any atom is -0.460 e. The summed E-state index contributed by atoms with van der Waals surface area (Å²) in [5.74, 6) is -2.81. The Morgan fingerprint density at radius 1 is 0.908 bits per heavy atom. The van der Waals surface area contributed by atoms with Crippen LogP contribution >= 0.6 is 0 Å². The Kier molecular flexibility index (Phi) is 11.7. The molecule has 5 aliphatic heterocycles. The van der Waals surface area contributed by atoms with Crippen molar-refractivity contribution in [3.05, 3.63) is 113 Å². The highest BCUT2D eigenvalue weighted by Gasteiger charge is 2.77. The maximum Gasteiger partial charge on any atom is 0.327 e. The first kappa shape index (κ1) is 43.9. The van der Waals surface area contributed by atoms with E-state index in [0.717, 1.165) is 41.5 Å². The van der Waals surface area contributed by atoms with Crippen LogP contribution in [0, 0.1) is 11.3 Å². The van der Waals surface area contributed by atoms with Crippen molar-refractivity contribution in [2.75, 3.05) is 13.2 Å². The Morgan fingerprint density at radius 3 is 2.29 bits per heavy atom. The highest BCUT2D eigenvalue weighted by molar-refractivity contribution is 5.96. The molecule has 14 nitrogen and oxygen atoms in total. The molecule has 3 aromatic carbocycles. The molecule has 0 radical (unpaired) electrons. The second kappa shape index (κ2) is 17.4. The van der Waals surface area contributed by atoms with E-state index in [2.05, 4.69) is 17.5 Å². The van der Waals surface area contributed by atoms with Crippen LogP contribution in [0.3, 0.4) is 0 Å². The van der Waals surface area contributed by atoms with Crippen LogP contribution in [0.1, 0.15) is 94.4 Å². The molecule has 0 spiro atoms. The Bertz CT molecular complexity index is 2250. The maximum atomic E-state index is 15.7. The molecule has 344 valence electrons. The van der Waals surface area contributed by atoms with Crippen molar-refractivity contribution < 1.29 is 52.8 Å². The largest absolute Gasteiger partial charge is 0.460 e. The fourth-order valence-corrected chi connectivity index (χ4v) is 11.2. The molecule has 7 aliphatic rings. The number of allylic oxidation sites excluding steroid dienone is 1. The van der Waals surface area contributed by atoms with Gasteiger partial charge in [-0.1, -0.05) is 97.1 Å². The van der Waals surface area contributed by atoms with Crippen molar-refractivity contribution in [1.82, 2.24) is 15.3 Å². The molecule has 7 fully saturated rings. The number of hydrogen-bond donors (Lipinski definition) is 2. The number of aliphatic hydroxyl groups is 1. The first-order valence-electron chi connectivity index (χ1n) is 23.3. The zero-order chi connectivity index (χ0) is 45.1. The van der Waals surface area contributed by atoms with E-state index in [1.807, 2.05) is 84.9 Å². The van der Waals surface area contributed by atoms with Crippen LogP contribution in [0.5, 0.6) is 0 Å². The van der Waals surface area contributed by atoms with Crippen LogP contribution in [-0.4, -0.2) is 112 Å². The van der Waals surface area contributed by atoms with Gasteiger partial charge in [-0.15, -0.1) is 0 Å². The van der Waals surface area contributed by atoms with Gasteiger partial charge in [0, 0.05) is 30.5 Å². The van der Waals surface area contributed by atoms with Crippen LogP contribution in [0.25, 0.3) is 6.08 Å². The smallest absolute Gasteiger partial charge is 0.327 e. The quantitative estimate of drug-likeness (QED) is 0.168. The van der Waals surface area contributed by atoms with Crippen molar-refractivity contribution in [2.24, 2.45) is 11.3 Å². The second-order valence-corrected chi connectivity index (χ2v) is 19.8. The maximum absolute atomic E-state index is 15.7. The van der Waals surface area contributed by atoms with E-state index in [1.165, 1.54) is 0 Å². The molecule has 10 rings (SSSR count). The van der Waals surface area contributed by atoms with E-state index in [9.17, 15) is 19.5 Å². The summed E-state index contributed by atoms with van der Waals surface area (Å²) in [6, 6.07) is 24.5. The number of nitrogens with zero attached hydrogens (tertiary/aromatic N) is 2. The minimum atomic E-state index is -1.52. The predicted molar refractivity (Wildman–Crippen MR) is 235 cm³/mol. The fourth-order valence-electron chi connectivity index (χ4n) is 11.2. The molecule has 2 aliphatic carbocycles. The molecule has 14 heteroatoms. The molecule has 2 saturated carbocycles. The summed E-state index contributed by atoms with van der Waals surface area (Å²) >= 11 is 0. The van der Waals surface area contributed by atoms with Crippen LogP contribution < -0.4 is 5.32 Å². The molecule has 2 N–H and O–H groups in total. The molecular formula is C51H59N3O11. The van der Waals surface area contributed by atoms with Crippen LogP contribution in [0.15, 0.2) is 91.0 Å². The van der Waals surface area contributed by atoms with Gasteiger partial charge in [0.2, 0.25) is 17.6 Å². The molecular weight excluding hydrogens is 831 g/mol. The second-order valence-electron chi connectivity index (χ2n) is 19.8. The van der Waals surface area contributed by atoms with Crippen LogP contribution in [-0.2, 0) is 60.0 Å². The highest BCUT2D eigenvalue weighted by atomic mass is 16.8. The number of carbonyl (C=O) groups is 4. The van der Waals surface area contributed by atoms with Gasteiger partial charge in [-0.05, 0) is 76.3 Å². The third-order valence-electron chi connectivity index (χ3n) is 14.3. The van der Waals surface area contributed by atoms with Gasteiger partial charge in [0.1, 0.15) is 41.5 Å². The van der Waals surface area contributed by atoms with Gasteiger partial charge >= 0.3 is 11.9 Å². The average Bonchev–Trinajstić information content (AvgIpc) is 3.57. The summed E-state index contributed by atoms with van der Waals surface area (Å²) in [4.78, 5) is 65.5. The van der Waals surface area contributed by atoms with E-state index in [-0.39, 0.29) is 32.4 Å². The van der Waals surface area contributed by atoms with E-state index >= 15 is 4.79 Å². The lowest BCUT2D eigenvalue weighted by atomic mass is 9.62. The standard InChI is InChI=1S/C51H59N3O11/c1-49(2,3)62-41(56)25-23-36(30-55)52-46(57)37-15-10-26-53(37)48(59)50-28-40-42-43(64-51(63-42,34-11-6-4-7-12-34)35-13-8-5-9-14-35)45(50)65-54(44(50)47(58)61-40)29-33-20-17-31(18-21-33)16-19-32-22-24-38-39(27-32)60-38/h4-9,11-14,16-21,32,36-40,42-45,55H,10,15,22-30H2,1-3H3,(H,52,57). The number of fused-ring (bicyclic) bond motifs is 5. The first-order chi connectivity index (χ1) is 31.3. The molecule has 2 amide bonds. The number of amides is 2. The number of hydroxylamine groups is 2. The number of likely N-dealkylation sites (tertiary alicyclic amines) is 1. The predicted octanol–water partition coefficient (Wildman–Crippen LogP) is 5.34. The topological polar surface area (TPSA) is 166 Å². The molecule has 3 aromatic rings. The Hall–Kier alpha value is -4.96. The minimum absolute atomic E-state index is 0.00618. The Labute approximate surface area is 379 Å². The van der Waals surface area contributed by atoms with Gasteiger partial charge in [-0.3, -0.25) is 24.0 Å². The summed E-state index contributed by atoms with van der Waals surface area (Å²) in [5.41, 5.74) is 1.20. The molecule has 11 atom stereocenters. The summed E-state index contributed by atoms with van der Waals surface area (Å²) in [7, 11) is 0. The number of nitrogens with one attached hydrogen (secondary N) is 1. The molecule has 0 aromatic heterocycles. The summed E-state index contributed by atoms with van der Waals surface area (Å²) < 4.78 is 31.7. The van der Waals surface area contributed by atoms with Gasteiger partial charge in [0.25, 0.3) is 0 Å². The number of esters is 2. The normalized spacial score (nSPS) is 32.6. The lowest BCUT2D eigenvalue weighted by Crippen LogP contribution is -2.70. The molecule has 2 bridgehead atoms. The van der Waals surface area contributed by atoms with Gasteiger partial charge in [0.05, 0.1) is 31.4 Å². The van der Waals surface area contributed by atoms with Crippen molar-refractivity contribution in [3.8, 4) is 0 Å².